The Morgan fingerprint density at radius 3 is 2.59 bits per heavy atom. The second kappa shape index (κ2) is 5.37. The Balaban J connectivity index is 1.84. The summed E-state index contributed by atoms with van der Waals surface area (Å²) in [5.41, 5.74) is 7.92. The fourth-order valence-electron chi connectivity index (χ4n) is 2.19. The molecule has 0 aliphatic rings. The molecule has 0 bridgehead atoms. The summed E-state index contributed by atoms with van der Waals surface area (Å²) in [6, 6.07) is 13.8. The lowest BCUT2D eigenvalue weighted by molar-refractivity contribution is 0.0834. The molecule has 0 saturated heterocycles. The molecule has 0 aliphatic carbocycles. The van der Waals surface area contributed by atoms with Crippen LogP contribution in [0.25, 0.3) is 11.0 Å². The lowest BCUT2D eigenvalue weighted by Gasteiger charge is -2.04. The van der Waals surface area contributed by atoms with Gasteiger partial charge in [-0.15, -0.1) is 0 Å². The molecule has 0 fully saturated rings. The zero-order chi connectivity index (χ0) is 15.7. The lowest BCUT2D eigenvalue weighted by atomic mass is 10.1. The second-order valence-corrected chi connectivity index (χ2v) is 5.02. The molecule has 0 unspecified atom stereocenters. The Bertz CT molecular complexity index is 880. The number of imide groups is 1. The quantitative estimate of drug-likeness (QED) is 0.562. The van der Waals surface area contributed by atoms with Crippen LogP contribution in [0.3, 0.4) is 0 Å². The van der Waals surface area contributed by atoms with Gasteiger partial charge in [-0.05, 0) is 36.8 Å². The van der Waals surface area contributed by atoms with E-state index in [2.05, 4.69) is 5.32 Å². The third kappa shape index (κ3) is 2.56. The summed E-state index contributed by atoms with van der Waals surface area (Å²) in [6.45, 7) is 1.93. The first kappa shape index (κ1) is 13.9. The first-order chi connectivity index (χ1) is 10.5. The summed E-state index contributed by atoms with van der Waals surface area (Å²) >= 11 is 0. The standard InChI is InChI=1S/C17H14N2O3/c1-10-6-7-11-9-15(22-14(11)8-10)17(21)19-16(20)12-4-2-3-5-13(12)18/h2-9H,18H2,1H3,(H,19,20,21). The van der Waals surface area contributed by atoms with Crippen LogP contribution >= 0.6 is 0 Å². The molecule has 22 heavy (non-hydrogen) atoms. The first-order valence-corrected chi connectivity index (χ1v) is 6.75. The molecule has 3 N–H and O–H groups in total. The maximum atomic E-state index is 12.1. The summed E-state index contributed by atoms with van der Waals surface area (Å²) in [6.07, 6.45) is 0. The van der Waals surface area contributed by atoms with Crippen LogP contribution in [0.4, 0.5) is 5.69 Å². The number of benzene rings is 2. The van der Waals surface area contributed by atoms with Crippen molar-refractivity contribution in [3.63, 3.8) is 0 Å². The highest BCUT2D eigenvalue weighted by Gasteiger charge is 2.17. The number of carbonyl (C=O) groups is 2. The Hall–Kier alpha value is -3.08. The lowest BCUT2D eigenvalue weighted by Crippen LogP contribution is -2.30. The van der Waals surface area contributed by atoms with Gasteiger partial charge in [-0.25, -0.2) is 0 Å². The number of fused-ring (bicyclic) bond motifs is 1. The zero-order valence-corrected chi connectivity index (χ0v) is 11.9. The van der Waals surface area contributed by atoms with E-state index in [1.165, 1.54) is 0 Å². The van der Waals surface area contributed by atoms with Crippen molar-refractivity contribution >= 4 is 28.5 Å². The number of amides is 2. The SMILES string of the molecule is Cc1ccc2cc(C(=O)NC(=O)c3ccccc3N)oc2c1. The molecule has 0 saturated carbocycles. The normalized spacial score (nSPS) is 10.6. The molecule has 0 spiro atoms. The van der Waals surface area contributed by atoms with E-state index in [-0.39, 0.29) is 11.3 Å². The largest absolute Gasteiger partial charge is 0.451 e. The van der Waals surface area contributed by atoms with E-state index in [1.54, 1.807) is 30.3 Å². The number of aryl methyl sites for hydroxylation is 1. The maximum Gasteiger partial charge on any atom is 0.293 e. The number of anilines is 1. The predicted octanol–water partition coefficient (Wildman–Crippen LogP) is 2.89. The molecule has 1 heterocycles. The van der Waals surface area contributed by atoms with Crippen molar-refractivity contribution in [2.75, 3.05) is 5.73 Å². The molecular formula is C17H14N2O3. The number of hydrogen-bond acceptors (Lipinski definition) is 4. The molecule has 0 radical (unpaired) electrons. The Morgan fingerprint density at radius 1 is 1.05 bits per heavy atom. The highest BCUT2D eigenvalue weighted by molar-refractivity contribution is 6.12. The minimum absolute atomic E-state index is 0.0865. The molecule has 2 amide bonds. The monoisotopic (exact) mass is 294 g/mol. The van der Waals surface area contributed by atoms with E-state index in [0.717, 1.165) is 10.9 Å². The molecule has 3 rings (SSSR count). The van der Waals surface area contributed by atoms with Gasteiger partial charge in [0.15, 0.2) is 5.76 Å². The van der Waals surface area contributed by atoms with E-state index in [0.29, 0.717) is 11.3 Å². The fourth-order valence-corrected chi connectivity index (χ4v) is 2.19. The zero-order valence-electron chi connectivity index (χ0n) is 11.9. The van der Waals surface area contributed by atoms with E-state index in [1.807, 2.05) is 25.1 Å². The van der Waals surface area contributed by atoms with Crippen LogP contribution in [0.1, 0.15) is 26.5 Å². The number of nitrogens with two attached hydrogens (primary N) is 1. The average molecular weight is 294 g/mol. The van der Waals surface area contributed by atoms with Gasteiger partial charge >= 0.3 is 0 Å². The van der Waals surface area contributed by atoms with Crippen molar-refractivity contribution < 1.29 is 14.0 Å². The molecule has 110 valence electrons. The van der Waals surface area contributed by atoms with Gasteiger partial charge in [0.05, 0.1) is 5.56 Å². The van der Waals surface area contributed by atoms with Crippen molar-refractivity contribution in [2.24, 2.45) is 0 Å². The van der Waals surface area contributed by atoms with Gasteiger partial charge in [0.1, 0.15) is 5.58 Å². The van der Waals surface area contributed by atoms with Crippen LogP contribution in [0.5, 0.6) is 0 Å². The van der Waals surface area contributed by atoms with E-state index in [4.69, 9.17) is 10.2 Å². The Kier molecular flexibility index (Phi) is 3.39. The molecule has 5 heteroatoms. The van der Waals surface area contributed by atoms with Crippen LogP contribution in [-0.4, -0.2) is 11.8 Å². The van der Waals surface area contributed by atoms with Crippen LogP contribution in [0.15, 0.2) is 52.9 Å². The van der Waals surface area contributed by atoms with Gasteiger partial charge in [0.2, 0.25) is 0 Å². The number of furan rings is 1. The van der Waals surface area contributed by atoms with Crippen LogP contribution in [0, 0.1) is 6.92 Å². The predicted molar refractivity (Wildman–Crippen MR) is 83.6 cm³/mol. The third-order valence-electron chi connectivity index (χ3n) is 3.33. The number of carbonyl (C=O) groups excluding carboxylic acids is 2. The topological polar surface area (TPSA) is 85.3 Å². The minimum Gasteiger partial charge on any atom is -0.451 e. The fraction of sp³-hybridized carbons (Fsp3) is 0.0588. The summed E-state index contributed by atoms with van der Waals surface area (Å²) in [5.74, 6) is -1.06. The maximum absolute atomic E-state index is 12.1. The van der Waals surface area contributed by atoms with Gasteiger partial charge in [0, 0.05) is 11.1 Å². The van der Waals surface area contributed by atoms with Crippen LogP contribution in [-0.2, 0) is 0 Å². The molecule has 0 aliphatic heterocycles. The molecule has 0 atom stereocenters. The van der Waals surface area contributed by atoms with Crippen molar-refractivity contribution in [3.05, 3.63) is 65.4 Å². The van der Waals surface area contributed by atoms with Crippen molar-refractivity contribution in [1.29, 1.82) is 0 Å². The van der Waals surface area contributed by atoms with E-state index in [9.17, 15) is 9.59 Å². The minimum atomic E-state index is -0.595. The van der Waals surface area contributed by atoms with Crippen molar-refractivity contribution in [3.8, 4) is 0 Å². The van der Waals surface area contributed by atoms with Gasteiger partial charge in [-0.2, -0.15) is 0 Å². The number of hydrogen-bond donors (Lipinski definition) is 2. The Labute approximate surface area is 126 Å². The van der Waals surface area contributed by atoms with Gasteiger partial charge in [-0.1, -0.05) is 24.3 Å². The average Bonchev–Trinajstić information content (AvgIpc) is 2.90. The second-order valence-electron chi connectivity index (χ2n) is 5.02. The summed E-state index contributed by atoms with van der Waals surface area (Å²) in [7, 11) is 0. The highest BCUT2D eigenvalue weighted by atomic mass is 16.3. The molecule has 1 aromatic heterocycles. The van der Waals surface area contributed by atoms with Crippen molar-refractivity contribution in [1.82, 2.24) is 5.32 Å². The molecule has 5 nitrogen and oxygen atoms in total. The van der Waals surface area contributed by atoms with Crippen LogP contribution in [0.2, 0.25) is 0 Å². The number of rotatable bonds is 2. The first-order valence-electron chi connectivity index (χ1n) is 6.75. The smallest absolute Gasteiger partial charge is 0.293 e. The number of nitrogen functional groups attached to an aromatic ring is 1. The molecular weight excluding hydrogens is 280 g/mol. The highest BCUT2D eigenvalue weighted by Crippen LogP contribution is 2.20. The number of para-hydroxylation sites is 1. The van der Waals surface area contributed by atoms with Crippen molar-refractivity contribution in [2.45, 2.75) is 6.92 Å². The third-order valence-corrected chi connectivity index (χ3v) is 3.33. The summed E-state index contributed by atoms with van der Waals surface area (Å²) < 4.78 is 5.48. The van der Waals surface area contributed by atoms with Gasteiger partial charge < -0.3 is 10.2 Å². The van der Waals surface area contributed by atoms with Crippen LogP contribution < -0.4 is 11.1 Å². The molecule has 2 aromatic carbocycles. The summed E-state index contributed by atoms with van der Waals surface area (Å²) in [5, 5.41) is 3.09. The van der Waals surface area contributed by atoms with E-state index >= 15 is 0 Å². The Morgan fingerprint density at radius 2 is 1.82 bits per heavy atom. The number of nitrogens with one attached hydrogen (secondary N) is 1. The van der Waals surface area contributed by atoms with E-state index < -0.39 is 11.8 Å². The van der Waals surface area contributed by atoms with Gasteiger partial charge in [-0.3, -0.25) is 14.9 Å². The van der Waals surface area contributed by atoms with Gasteiger partial charge in [0.25, 0.3) is 11.8 Å². The molecule has 3 aromatic rings. The summed E-state index contributed by atoms with van der Waals surface area (Å²) in [4.78, 5) is 24.2.